The van der Waals surface area contributed by atoms with Crippen LogP contribution in [0.4, 0.5) is 5.69 Å². The van der Waals surface area contributed by atoms with Crippen molar-refractivity contribution in [1.82, 2.24) is 4.98 Å². The van der Waals surface area contributed by atoms with Gasteiger partial charge in [0.1, 0.15) is 0 Å². The molecule has 1 aromatic carbocycles. The van der Waals surface area contributed by atoms with Gasteiger partial charge in [0.05, 0.1) is 35.1 Å². The van der Waals surface area contributed by atoms with Gasteiger partial charge < -0.3 is 10.1 Å². The number of fused-ring (bicyclic) bond motifs is 2. The first-order chi connectivity index (χ1) is 9.20. The Morgan fingerprint density at radius 1 is 1.47 bits per heavy atom. The van der Waals surface area contributed by atoms with E-state index in [1.165, 1.54) is 0 Å². The maximum Gasteiger partial charge on any atom is 0.0913 e. The van der Waals surface area contributed by atoms with Crippen LogP contribution < -0.4 is 5.32 Å². The van der Waals surface area contributed by atoms with Crippen molar-refractivity contribution in [3.63, 3.8) is 0 Å². The molecule has 1 N–H and O–H groups in total. The summed E-state index contributed by atoms with van der Waals surface area (Å²) < 4.78 is 6.53. The van der Waals surface area contributed by atoms with E-state index in [0.717, 1.165) is 51.9 Å². The summed E-state index contributed by atoms with van der Waals surface area (Å²) in [5.41, 5.74) is 4.22. The van der Waals surface area contributed by atoms with Gasteiger partial charge >= 0.3 is 0 Å². The number of halogens is 2. The highest BCUT2D eigenvalue weighted by molar-refractivity contribution is 9.10. The smallest absolute Gasteiger partial charge is 0.0913 e. The first-order valence-electron chi connectivity index (χ1n) is 6.32. The van der Waals surface area contributed by atoms with E-state index < -0.39 is 0 Å². The monoisotopic (exact) mass is 340 g/mol. The highest BCUT2D eigenvalue weighted by Crippen LogP contribution is 2.36. The van der Waals surface area contributed by atoms with Crippen molar-refractivity contribution in [2.24, 2.45) is 0 Å². The van der Waals surface area contributed by atoms with Gasteiger partial charge in [0, 0.05) is 28.4 Å². The lowest BCUT2D eigenvalue weighted by Gasteiger charge is -2.22. The molecule has 2 heterocycles. The molecule has 100 valence electrons. The van der Waals surface area contributed by atoms with Gasteiger partial charge in [-0.05, 0) is 19.1 Å². The fourth-order valence-electron chi connectivity index (χ4n) is 2.46. The highest BCUT2D eigenvalue weighted by atomic mass is 79.9. The number of nitrogens with one attached hydrogen (secondary N) is 1. The molecular formula is C14H14BrClN2O. The van der Waals surface area contributed by atoms with Crippen molar-refractivity contribution in [2.75, 3.05) is 18.5 Å². The zero-order valence-corrected chi connectivity index (χ0v) is 12.9. The van der Waals surface area contributed by atoms with Crippen molar-refractivity contribution in [3.05, 3.63) is 32.9 Å². The highest BCUT2D eigenvalue weighted by Gasteiger charge is 2.19. The van der Waals surface area contributed by atoms with E-state index in [9.17, 15) is 0 Å². The predicted octanol–water partition coefficient (Wildman–Crippen LogP) is 4.16. The minimum atomic E-state index is 0.616. The summed E-state index contributed by atoms with van der Waals surface area (Å²) in [5.74, 6) is 0. The molecule has 0 fully saturated rings. The summed E-state index contributed by atoms with van der Waals surface area (Å²) in [7, 11) is 0. The Labute approximate surface area is 125 Å². The predicted molar refractivity (Wildman–Crippen MR) is 82.0 cm³/mol. The van der Waals surface area contributed by atoms with Crippen LogP contribution in [0.1, 0.15) is 18.2 Å². The molecule has 0 spiro atoms. The molecule has 0 atom stereocenters. The molecular weight excluding hydrogens is 328 g/mol. The van der Waals surface area contributed by atoms with Crippen LogP contribution in [0.2, 0.25) is 5.02 Å². The molecule has 0 bridgehead atoms. The first-order valence-corrected chi connectivity index (χ1v) is 7.50. The Morgan fingerprint density at radius 3 is 3.11 bits per heavy atom. The summed E-state index contributed by atoms with van der Waals surface area (Å²) >= 11 is 9.82. The van der Waals surface area contributed by atoms with Gasteiger partial charge in [-0.15, -0.1) is 0 Å². The number of rotatable bonds is 2. The van der Waals surface area contributed by atoms with Gasteiger partial charge in [0.15, 0.2) is 0 Å². The van der Waals surface area contributed by atoms with E-state index >= 15 is 0 Å². The minimum absolute atomic E-state index is 0.616. The van der Waals surface area contributed by atoms with Crippen LogP contribution >= 0.6 is 27.5 Å². The average molecular weight is 342 g/mol. The second kappa shape index (κ2) is 5.27. The fraction of sp³-hybridized carbons (Fsp3) is 0.357. The maximum absolute atomic E-state index is 6.33. The quantitative estimate of drug-likeness (QED) is 0.891. The zero-order valence-electron chi connectivity index (χ0n) is 10.6. The number of ether oxygens (including phenoxy) is 1. The van der Waals surface area contributed by atoms with E-state index in [2.05, 4.69) is 34.2 Å². The van der Waals surface area contributed by atoms with Crippen LogP contribution in [0.3, 0.4) is 0 Å². The number of benzene rings is 1. The molecule has 0 aliphatic carbocycles. The van der Waals surface area contributed by atoms with Crippen molar-refractivity contribution >= 4 is 44.1 Å². The van der Waals surface area contributed by atoms with Crippen molar-refractivity contribution in [3.8, 4) is 0 Å². The molecule has 0 unspecified atom stereocenters. The van der Waals surface area contributed by atoms with Gasteiger partial charge in [0.25, 0.3) is 0 Å². The Hall–Kier alpha value is -0.840. The summed E-state index contributed by atoms with van der Waals surface area (Å²) in [4.78, 5) is 4.73. The zero-order chi connectivity index (χ0) is 13.4. The molecule has 0 amide bonds. The molecule has 1 aromatic heterocycles. The van der Waals surface area contributed by atoms with E-state index in [4.69, 9.17) is 21.3 Å². The lowest BCUT2D eigenvalue weighted by atomic mass is 10.0. The SMILES string of the molecule is CCNc1c2c(nc3c(Cl)cc(Br)cc13)CCOC2. The molecule has 19 heavy (non-hydrogen) atoms. The van der Waals surface area contributed by atoms with E-state index in [1.54, 1.807) is 0 Å². The third-order valence-corrected chi connectivity index (χ3v) is 4.02. The Balaban J connectivity index is 2.35. The molecule has 0 saturated carbocycles. The lowest BCUT2D eigenvalue weighted by molar-refractivity contribution is 0.110. The molecule has 1 aliphatic rings. The molecule has 0 radical (unpaired) electrons. The lowest BCUT2D eigenvalue weighted by Crippen LogP contribution is -2.15. The average Bonchev–Trinajstić information content (AvgIpc) is 2.40. The summed E-state index contributed by atoms with van der Waals surface area (Å²) in [6.07, 6.45) is 0.843. The number of hydrogen-bond donors (Lipinski definition) is 1. The summed E-state index contributed by atoms with van der Waals surface area (Å²) in [5, 5.41) is 5.16. The number of hydrogen-bond acceptors (Lipinski definition) is 3. The van der Waals surface area contributed by atoms with Crippen LogP contribution in [0.5, 0.6) is 0 Å². The number of nitrogens with zero attached hydrogens (tertiary/aromatic N) is 1. The van der Waals surface area contributed by atoms with E-state index in [1.807, 2.05) is 6.07 Å². The molecule has 0 saturated heterocycles. The van der Waals surface area contributed by atoms with Crippen LogP contribution in [0.25, 0.3) is 10.9 Å². The molecule has 5 heteroatoms. The second-order valence-electron chi connectivity index (χ2n) is 4.53. The normalized spacial score (nSPS) is 14.5. The summed E-state index contributed by atoms with van der Waals surface area (Å²) in [6.45, 7) is 4.29. The summed E-state index contributed by atoms with van der Waals surface area (Å²) in [6, 6.07) is 3.94. The van der Waals surface area contributed by atoms with Crippen LogP contribution in [0, 0.1) is 0 Å². The van der Waals surface area contributed by atoms with Crippen molar-refractivity contribution < 1.29 is 4.74 Å². The Bertz CT molecular complexity index is 645. The standard InChI is InChI=1S/C14H14BrClN2O/c1-2-17-13-9-5-8(15)6-11(16)14(9)18-12-3-4-19-7-10(12)13/h5-6H,2-4,7H2,1H3,(H,17,18). The van der Waals surface area contributed by atoms with Gasteiger partial charge in [-0.2, -0.15) is 0 Å². The van der Waals surface area contributed by atoms with Gasteiger partial charge in [0.2, 0.25) is 0 Å². The molecule has 3 nitrogen and oxygen atoms in total. The topological polar surface area (TPSA) is 34.2 Å². The van der Waals surface area contributed by atoms with Crippen LogP contribution in [-0.4, -0.2) is 18.1 Å². The first kappa shape index (κ1) is 13.2. The Kier molecular flexibility index (Phi) is 3.65. The number of aromatic nitrogens is 1. The molecule has 1 aliphatic heterocycles. The van der Waals surface area contributed by atoms with Crippen molar-refractivity contribution in [1.29, 1.82) is 0 Å². The maximum atomic E-state index is 6.33. The van der Waals surface area contributed by atoms with Crippen LogP contribution in [-0.2, 0) is 17.8 Å². The molecule has 2 aromatic rings. The van der Waals surface area contributed by atoms with E-state index in [0.29, 0.717) is 11.6 Å². The van der Waals surface area contributed by atoms with Gasteiger partial charge in [-0.1, -0.05) is 27.5 Å². The number of pyridine rings is 1. The number of anilines is 1. The van der Waals surface area contributed by atoms with E-state index in [-0.39, 0.29) is 0 Å². The van der Waals surface area contributed by atoms with Crippen molar-refractivity contribution in [2.45, 2.75) is 20.0 Å². The van der Waals surface area contributed by atoms with Gasteiger partial charge in [-0.25, -0.2) is 0 Å². The van der Waals surface area contributed by atoms with Gasteiger partial charge in [-0.3, -0.25) is 4.98 Å². The largest absolute Gasteiger partial charge is 0.384 e. The second-order valence-corrected chi connectivity index (χ2v) is 5.85. The minimum Gasteiger partial charge on any atom is -0.384 e. The molecule has 3 rings (SSSR count). The third kappa shape index (κ3) is 2.33. The Morgan fingerprint density at radius 2 is 2.32 bits per heavy atom. The fourth-order valence-corrected chi connectivity index (χ4v) is 3.31. The third-order valence-electron chi connectivity index (χ3n) is 3.28. The van der Waals surface area contributed by atoms with Crippen LogP contribution in [0.15, 0.2) is 16.6 Å².